The van der Waals surface area contributed by atoms with Gasteiger partial charge in [0, 0.05) is 36.4 Å². The van der Waals surface area contributed by atoms with Crippen LogP contribution in [0.1, 0.15) is 47.7 Å². The van der Waals surface area contributed by atoms with Crippen LogP contribution >= 0.6 is 0 Å². The van der Waals surface area contributed by atoms with E-state index in [1.54, 1.807) is 29.2 Å². The molecule has 158 valence electrons. The number of benzene rings is 2. The SMILES string of the molecule is CCCCN1C[C@H](C(=O)Nc2ccc(C(=O)Nc3c(C)cccc3C)cc2)CC1=O. The zero-order valence-electron chi connectivity index (χ0n) is 17.8. The molecule has 0 spiro atoms. The number of unbranched alkanes of at least 4 members (excludes halogenated alkanes) is 1. The van der Waals surface area contributed by atoms with Crippen molar-refractivity contribution >= 4 is 29.1 Å². The first kappa shape index (κ1) is 21.6. The molecule has 1 saturated heterocycles. The first-order chi connectivity index (χ1) is 14.4. The van der Waals surface area contributed by atoms with Gasteiger partial charge in [-0.1, -0.05) is 31.5 Å². The van der Waals surface area contributed by atoms with E-state index in [9.17, 15) is 14.4 Å². The lowest BCUT2D eigenvalue weighted by molar-refractivity contribution is -0.128. The summed E-state index contributed by atoms with van der Waals surface area (Å²) in [6, 6.07) is 12.7. The van der Waals surface area contributed by atoms with Gasteiger partial charge in [0.15, 0.2) is 0 Å². The van der Waals surface area contributed by atoms with Crippen molar-refractivity contribution in [2.24, 2.45) is 5.92 Å². The second-order valence-electron chi connectivity index (χ2n) is 7.88. The molecule has 1 atom stereocenters. The number of para-hydroxylation sites is 1. The predicted octanol–water partition coefficient (Wildman–Crippen LogP) is 4.14. The Kier molecular flexibility index (Phi) is 6.87. The topological polar surface area (TPSA) is 78.5 Å². The molecule has 1 aliphatic heterocycles. The minimum Gasteiger partial charge on any atom is -0.342 e. The molecule has 2 N–H and O–H groups in total. The van der Waals surface area contributed by atoms with Gasteiger partial charge in [-0.25, -0.2) is 0 Å². The number of rotatable bonds is 7. The maximum absolute atomic E-state index is 12.6. The van der Waals surface area contributed by atoms with Crippen LogP contribution in [0.2, 0.25) is 0 Å². The molecule has 30 heavy (non-hydrogen) atoms. The minimum absolute atomic E-state index is 0.0436. The average molecular weight is 408 g/mol. The van der Waals surface area contributed by atoms with Crippen molar-refractivity contribution in [2.75, 3.05) is 23.7 Å². The summed E-state index contributed by atoms with van der Waals surface area (Å²) < 4.78 is 0. The van der Waals surface area contributed by atoms with E-state index in [1.807, 2.05) is 32.0 Å². The van der Waals surface area contributed by atoms with Gasteiger partial charge in [-0.05, 0) is 55.7 Å². The van der Waals surface area contributed by atoms with E-state index in [4.69, 9.17) is 0 Å². The summed E-state index contributed by atoms with van der Waals surface area (Å²) in [4.78, 5) is 39.0. The predicted molar refractivity (Wildman–Crippen MR) is 119 cm³/mol. The molecule has 3 rings (SSSR count). The summed E-state index contributed by atoms with van der Waals surface area (Å²) >= 11 is 0. The van der Waals surface area contributed by atoms with E-state index in [-0.39, 0.29) is 30.1 Å². The zero-order chi connectivity index (χ0) is 21.7. The molecule has 0 aromatic heterocycles. The number of amides is 3. The number of likely N-dealkylation sites (tertiary alicyclic amines) is 1. The highest BCUT2D eigenvalue weighted by Crippen LogP contribution is 2.22. The smallest absolute Gasteiger partial charge is 0.255 e. The Bertz CT molecular complexity index is 917. The Balaban J connectivity index is 1.58. The number of hydrogen-bond donors (Lipinski definition) is 2. The molecule has 0 aliphatic carbocycles. The van der Waals surface area contributed by atoms with Crippen LogP contribution in [-0.4, -0.2) is 35.7 Å². The molecule has 0 radical (unpaired) electrons. The molecular formula is C24H29N3O3. The molecule has 2 aromatic rings. The van der Waals surface area contributed by atoms with Crippen LogP contribution in [-0.2, 0) is 9.59 Å². The maximum Gasteiger partial charge on any atom is 0.255 e. The van der Waals surface area contributed by atoms with Gasteiger partial charge in [0.1, 0.15) is 0 Å². The van der Waals surface area contributed by atoms with Crippen molar-refractivity contribution in [2.45, 2.75) is 40.0 Å². The number of carbonyl (C=O) groups excluding carboxylic acids is 3. The van der Waals surface area contributed by atoms with Crippen LogP contribution in [0.5, 0.6) is 0 Å². The summed E-state index contributed by atoms with van der Waals surface area (Å²) in [5, 5.41) is 5.82. The van der Waals surface area contributed by atoms with Crippen molar-refractivity contribution in [3.05, 3.63) is 59.2 Å². The van der Waals surface area contributed by atoms with Crippen LogP contribution in [0.15, 0.2) is 42.5 Å². The first-order valence-electron chi connectivity index (χ1n) is 10.4. The van der Waals surface area contributed by atoms with Gasteiger partial charge in [0.05, 0.1) is 5.92 Å². The van der Waals surface area contributed by atoms with Gasteiger partial charge in [0.25, 0.3) is 5.91 Å². The second kappa shape index (κ2) is 9.57. The van der Waals surface area contributed by atoms with E-state index in [0.29, 0.717) is 24.3 Å². The Hall–Kier alpha value is -3.15. The van der Waals surface area contributed by atoms with E-state index in [0.717, 1.165) is 29.7 Å². The quantitative estimate of drug-likeness (QED) is 0.724. The Morgan fingerprint density at radius 3 is 2.33 bits per heavy atom. The van der Waals surface area contributed by atoms with Gasteiger partial charge >= 0.3 is 0 Å². The van der Waals surface area contributed by atoms with Crippen LogP contribution in [0.3, 0.4) is 0 Å². The molecule has 6 nitrogen and oxygen atoms in total. The van der Waals surface area contributed by atoms with Crippen molar-refractivity contribution in [3.63, 3.8) is 0 Å². The highest BCUT2D eigenvalue weighted by Gasteiger charge is 2.33. The van der Waals surface area contributed by atoms with Crippen molar-refractivity contribution in [1.29, 1.82) is 0 Å². The van der Waals surface area contributed by atoms with Crippen LogP contribution in [0.25, 0.3) is 0 Å². The highest BCUT2D eigenvalue weighted by atomic mass is 16.2. The lowest BCUT2D eigenvalue weighted by Gasteiger charge is -2.16. The molecule has 1 heterocycles. The molecule has 6 heteroatoms. The van der Waals surface area contributed by atoms with Gasteiger partial charge in [-0.3, -0.25) is 14.4 Å². The van der Waals surface area contributed by atoms with E-state index in [1.165, 1.54) is 0 Å². The number of aryl methyl sites for hydroxylation is 2. The lowest BCUT2D eigenvalue weighted by Crippen LogP contribution is -2.29. The fourth-order valence-corrected chi connectivity index (χ4v) is 3.66. The monoisotopic (exact) mass is 407 g/mol. The largest absolute Gasteiger partial charge is 0.342 e. The third kappa shape index (κ3) is 5.06. The van der Waals surface area contributed by atoms with E-state index in [2.05, 4.69) is 17.6 Å². The van der Waals surface area contributed by atoms with Crippen molar-refractivity contribution < 1.29 is 14.4 Å². The van der Waals surface area contributed by atoms with Crippen LogP contribution in [0.4, 0.5) is 11.4 Å². The number of nitrogens with zero attached hydrogens (tertiary/aromatic N) is 1. The molecule has 0 saturated carbocycles. The molecule has 1 fully saturated rings. The summed E-state index contributed by atoms with van der Waals surface area (Å²) in [6.07, 6.45) is 2.22. The zero-order valence-corrected chi connectivity index (χ0v) is 17.8. The number of carbonyl (C=O) groups is 3. The second-order valence-corrected chi connectivity index (χ2v) is 7.88. The van der Waals surface area contributed by atoms with Crippen molar-refractivity contribution in [1.82, 2.24) is 4.90 Å². The van der Waals surface area contributed by atoms with Gasteiger partial charge in [0.2, 0.25) is 11.8 Å². The van der Waals surface area contributed by atoms with Crippen LogP contribution in [0, 0.1) is 19.8 Å². The van der Waals surface area contributed by atoms with Crippen LogP contribution < -0.4 is 10.6 Å². The minimum atomic E-state index is -0.332. The Morgan fingerprint density at radius 1 is 1.03 bits per heavy atom. The highest BCUT2D eigenvalue weighted by molar-refractivity contribution is 6.05. The average Bonchev–Trinajstić information content (AvgIpc) is 3.10. The normalized spacial score (nSPS) is 15.9. The van der Waals surface area contributed by atoms with Gasteiger partial charge in [-0.2, -0.15) is 0 Å². The summed E-state index contributed by atoms with van der Waals surface area (Å²) in [5.74, 6) is -0.642. The Labute approximate surface area is 177 Å². The third-order valence-corrected chi connectivity index (χ3v) is 5.50. The van der Waals surface area contributed by atoms with E-state index >= 15 is 0 Å². The third-order valence-electron chi connectivity index (χ3n) is 5.50. The number of nitrogens with one attached hydrogen (secondary N) is 2. The molecule has 0 unspecified atom stereocenters. The maximum atomic E-state index is 12.6. The van der Waals surface area contributed by atoms with Crippen molar-refractivity contribution in [3.8, 4) is 0 Å². The fourth-order valence-electron chi connectivity index (χ4n) is 3.66. The fraction of sp³-hybridized carbons (Fsp3) is 0.375. The number of anilines is 2. The molecule has 0 bridgehead atoms. The summed E-state index contributed by atoms with van der Waals surface area (Å²) in [7, 11) is 0. The Morgan fingerprint density at radius 2 is 1.70 bits per heavy atom. The molecular weight excluding hydrogens is 378 g/mol. The summed E-state index contributed by atoms with van der Waals surface area (Å²) in [5.41, 5.74) is 3.96. The van der Waals surface area contributed by atoms with Gasteiger partial charge < -0.3 is 15.5 Å². The molecule has 2 aromatic carbocycles. The standard InChI is InChI=1S/C24H29N3O3/c1-4-5-13-27-15-19(14-21(27)28)24(30)25-20-11-9-18(10-12-20)23(29)26-22-16(2)7-6-8-17(22)3/h6-12,19H,4-5,13-15H2,1-3H3,(H,25,30)(H,26,29)/t19-/m1/s1. The molecule has 1 aliphatic rings. The first-order valence-corrected chi connectivity index (χ1v) is 10.4. The van der Waals surface area contributed by atoms with E-state index < -0.39 is 0 Å². The van der Waals surface area contributed by atoms with Gasteiger partial charge in [-0.15, -0.1) is 0 Å². The lowest BCUT2D eigenvalue weighted by atomic mass is 10.1. The number of hydrogen-bond acceptors (Lipinski definition) is 3. The molecule has 3 amide bonds. The summed E-state index contributed by atoms with van der Waals surface area (Å²) in [6.45, 7) is 7.18.